The van der Waals surface area contributed by atoms with Gasteiger partial charge in [-0.1, -0.05) is 37.3 Å². The summed E-state index contributed by atoms with van der Waals surface area (Å²) in [6.07, 6.45) is 3.94. The number of benzene rings is 1. The molecule has 0 unspecified atom stereocenters. The number of aryl methyl sites for hydroxylation is 2. The number of carbonyl (C=O) groups is 1. The summed E-state index contributed by atoms with van der Waals surface area (Å²) in [5, 5.41) is 2.83. The highest BCUT2D eigenvalue weighted by atomic mass is 16.2. The van der Waals surface area contributed by atoms with Crippen LogP contribution in [0, 0.1) is 0 Å². The summed E-state index contributed by atoms with van der Waals surface area (Å²) >= 11 is 0. The molecule has 2 aromatic rings. The number of carbonyl (C=O) groups excluding carboxylic acids is 1. The van der Waals surface area contributed by atoms with Crippen LogP contribution >= 0.6 is 0 Å². The van der Waals surface area contributed by atoms with E-state index in [0.717, 1.165) is 18.5 Å². The average Bonchev–Trinajstić information content (AvgIpc) is 2.54. The third kappa shape index (κ3) is 4.84. The van der Waals surface area contributed by atoms with Gasteiger partial charge in [-0.15, -0.1) is 0 Å². The minimum absolute atomic E-state index is 0.0150. The molecular weight excluding hydrogens is 278 g/mol. The Labute approximate surface area is 130 Å². The monoisotopic (exact) mass is 299 g/mol. The van der Waals surface area contributed by atoms with Crippen molar-refractivity contribution in [3.63, 3.8) is 0 Å². The maximum Gasteiger partial charge on any atom is 0.253 e. The number of hydrogen-bond donors (Lipinski definition) is 1. The number of hydrogen-bond acceptors (Lipinski definition) is 3. The second-order valence-corrected chi connectivity index (χ2v) is 5.14. The van der Waals surface area contributed by atoms with Gasteiger partial charge in [0.15, 0.2) is 0 Å². The van der Waals surface area contributed by atoms with E-state index in [4.69, 9.17) is 0 Å². The summed E-state index contributed by atoms with van der Waals surface area (Å²) in [6.45, 7) is 2.55. The minimum atomic E-state index is -0.189. The van der Waals surface area contributed by atoms with Gasteiger partial charge in [-0.05, 0) is 24.8 Å². The standard InChI is InChI=1S/C17H21N3O2/c1-2-15-11-17(22)20(13-19-15)12-16(21)18-10-6-9-14-7-4-3-5-8-14/h3-5,7-8,11,13H,2,6,9-10,12H2,1H3,(H,18,21). The molecule has 0 saturated heterocycles. The van der Waals surface area contributed by atoms with Gasteiger partial charge in [0.05, 0.1) is 6.33 Å². The van der Waals surface area contributed by atoms with E-state index in [1.165, 1.54) is 22.5 Å². The predicted octanol–water partition coefficient (Wildman–Crippen LogP) is 1.55. The van der Waals surface area contributed by atoms with Crippen LogP contribution in [-0.4, -0.2) is 22.0 Å². The molecule has 0 spiro atoms. The number of nitrogens with one attached hydrogen (secondary N) is 1. The zero-order chi connectivity index (χ0) is 15.8. The lowest BCUT2D eigenvalue weighted by Crippen LogP contribution is -2.33. The fourth-order valence-corrected chi connectivity index (χ4v) is 2.15. The van der Waals surface area contributed by atoms with Crippen LogP contribution in [0.5, 0.6) is 0 Å². The fraction of sp³-hybridized carbons (Fsp3) is 0.353. The van der Waals surface area contributed by atoms with Gasteiger partial charge in [-0.3, -0.25) is 14.2 Å². The van der Waals surface area contributed by atoms with E-state index in [1.807, 2.05) is 25.1 Å². The highest BCUT2D eigenvalue weighted by Gasteiger charge is 2.05. The summed E-state index contributed by atoms with van der Waals surface area (Å²) in [5.74, 6) is -0.166. The molecule has 116 valence electrons. The van der Waals surface area contributed by atoms with Gasteiger partial charge in [0.25, 0.3) is 5.56 Å². The van der Waals surface area contributed by atoms with E-state index in [0.29, 0.717) is 13.0 Å². The molecule has 5 heteroatoms. The van der Waals surface area contributed by atoms with Gasteiger partial charge in [0.1, 0.15) is 6.54 Å². The normalized spacial score (nSPS) is 10.4. The zero-order valence-electron chi connectivity index (χ0n) is 12.8. The van der Waals surface area contributed by atoms with E-state index in [2.05, 4.69) is 22.4 Å². The van der Waals surface area contributed by atoms with Crippen molar-refractivity contribution < 1.29 is 4.79 Å². The van der Waals surface area contributed by atoms with Gasteiger partial charge in [-0.25, -0.2) is 4.98 Å². The van der Waals surface area contributed by atoms with Crippen LogP contribution in [0.25, 0.3) is 0 Å². The molecular formula is C17H21N3O2. The molecule has 1 heterocycles. The molecule has 1 aromatic heterocycles. The highest BCUT2D eigenvalue weighted by molar-refractivity contribution is 5.75. The molecule has 0 atom stereocenters. The van der Waals surface area contributed by atoms with Crippen LogP contribution < -0.4 is 10.9 Å². The summed E-state index contributed by atoms with van der Waals surface area (Å²) in [4.78, 5) is 27.8. The minimum Gasteiger partial charge on any atom is -0.355 e. The molecule has 0 aliphatic rings. The van der Waals surface area contributed by atoms with Crippen LogP contribution in [0.4, 0.5) is 0 Å². The lowest BCUT2D eigenvalue weighted by molar-refractivity contribution is -0.121. The molecule has 0 aliphatic heterocycles. The SMILES string of the molecule is CCc1cc(=O)n(CC(=O)NCCCc2ccccc2)cn1. The lowest BCUT2D eigenvalue weighted by atomic mass is 10.1. The smallest absolute Gasteiger partial charge is 0.253 e. The number of amides is 1. The summed E-state index contributed by atoms with van der Waals surface area (Å²) in [7, 11) is 0. The Morgan fingerprint density at radius 2 is 2.05 bits per heavy atom. The second-order valence-electron chi connectivity index (χ2n) is 5.14. The van der Waals surface area contributed by atoms with Crippen molar-refractivity contribution in [1.29, 1.82) is 0 Å². The van der Waals surface area contributed by atoms with Crippen LogP contribution in [0.1, 0.15) is 24.6 Å². The zero-order valence-corrected chi connectivity index (χ0v) is 12.8. The van der Waals surface area contributed by atoms with Crippen molar-refractivity contribution in [2.24, 2.45) is 0 Å². The van der Waals surface area contributed by atoms with E-state index in [-0.39, 0.29) is 18.0 Å². The number of nitrogens with zero attached hydrogens (tertiary/aromatic N) is 2. The largest absolute Gasteiger partial charge is 0.355 e. The highest BCUT2D eigenvalue weighted by Crippen LogP contribution is 2.01. The molecule has 5 nitrogen and oxygen atoms in total. The first kappa shape index (κ1) is 15.9. The molecule has 0 saturated carbocycles. The maximum atomic E-state index is 11.8. The first-order valence-corrected chi connectivity index (χ1v) is 7.55. The Hall–Kier alpha value is -2.43. The van der Waals surface area contributed by atoms with Crippen molar-refractivity contribution in [2.45, 2.75) is 32.7 Å². The second kappa shape index (κ2) is 8.12. The van der Waals surface area contributed by atoms with Crippen molar-refractivity contribution >= 4 is 5.91 Å². The summed E-state index contributed by atoms with van der Waals surface area (Å²) in [5.41, 5.74) is 1.81. The van der Waals surface area contributed by atoms with Crippen LogP contribution in [0.3, 0.4) is 0 Å². The Morgan fingerprint density at radius 3 is 2.73 bits per heavy atom. The van der Waals surface area contributed by atoms with Crippen LogP contribution in [-0.2, 0) is 24.2 Å². The van der Waals surface area contributed by atoms with Gasteiger partial charge in [0.2, 0.25) is 5.91 Å². The molecule has 0 bridgehead atoms. The average molecular weight is 299 g/mol. The molecule has 1 amide bonds. The van der Waals surface area contributed by atoms with E-state index < -0.39 is 0 Å². The molecule has 0 fully saturated rings. The quantitative estimate of drug-likeness (QED) is 0.789. The summed E-state index contributed by atoms with van der Waals surface area (Å²) < 4.78 is 1.33. The van der Waals surface area contributed by atoms with Crippen molar-refractivity contribution in [3.8, 4) is 0 Å². The maximum absolute atomic E-state index is 11.8. The van der Waals surface area contributed by atoms with Crippen molar-refractivity contribution in [3.05, 3.63) is 64.3 Å². The van der Waals surface area contributed by atoms with Gasteiger partial charge in [0, 0.05) is 18.3 Å². The third-order valence-electron chi connectivity index (χ3n) is 3.42. The number of rotatable bonds is 7. The van der Waals surface area contributed by atoms with Gasteiger partial charge < -0.3 is 5.32 Å². The first-order chi connectivity index (χ1) is 10.7. The predicted molar refractivity (Wildman–Crippen MR) is 85.6 cm³/mol. The Morgan fingerprint density at radius 1 is 1.27 bits per heavy atom. The lowest BCUT2D eigenvalue weighted by Gasteiger charge is -2.07. The van der Waals surface area contributed by atoms with Crippen molar-refractivity contribution in [2.75, 3.05) is 6.54 Å². The molecule has 1 aromatic carbocycles. The van der Waals surface area contributed by atoms with E-state index in [1.54, 1.807) is 0 Å². The third-order valence-corrected chi connectivity index (χ3v) is 3.42. The van der Waals surface area contributed by atoms with Gasteiger partial charge >= 0.3 is 0 Å². The molecule has 2 rings (SSSR count). The Kier molecular flexibility index (Phi) is 5.89. The Bertz CT molecular complexity index is 665. The fourth-order valence-electron chi connectivity index (χ4n) is 2.15. The molecule has 22 heavy (non-hydrogen) atoms. The number of aromatic nitrogens is 2. The van der Waals surface area contributed by atoms with Gasteiger partial charge in [-0.2, -0.15) is 0 Å². The topological polar surface area (TPSA) is 64.0 Å². The van der Waals surface area contributed by atoms with Crippen molar-refractivity contribution in [1.82, 2.24) is 14.9 Å². The molecule has 0 radical (unpaired) electrons. The van der Waals surface area contributed by atoms with Crippen LogP contribution in [0.2, 0.25) is 0 Å². The molecule has 0 aliphatic carbocycles. The van der Waals surface area contributed by atoms with Crippen LogP contribution in [0.15, 0.2) is 47.5 Å². The van der Waals surface area contributed by atoms with E-state index in [9.17, 15) is 9.59 Å². The van der Waals surface area contributed by atoms with E-state index >= 15 is 0 Å². The first-order valence-electron chi connectivity index (χ1n) is 7.55. The summed E-state index contributed by atoms with van der Waals surface area (Å²) in [6, 6.07) is 11.6. The Balaban J connectivity index is 1.75. The molecule has 1 N–H and O–H groups in total.